The van der Waals surface area contributed by atoms with Gasteiger partial charge in [-0.05, 0) is 43.8 Å². The Morgan fingerprint density at radius 1 is 1.59 bits per heavy atom. The summed E-state index contributed by atoms with van der Waals surface area (Å²) < 4.78 is 0. The number of hydrogen-bond acceptors (Lipinski definition) is 4. The quantitative estimate of drug-likeness (QED) is 0.892. The molecule has 3 nitrogen and oxygen atoms in total. The smallest absolute Gasteiger partial charge is 0.103 e. The number of nitrogens with one attached hydrogen (secondary N) is 1. The van der Waals surface area contributed by atoms with Crippen molar-refractivity contribution in [3.63, 3.8) is 0 Å². The fourth-order valence-corrected chi connectivity index (χ4v) is 3.39. The van der Waals surface area contributed by atoms with E-state index in [0.717, 1.165) is 29.5 Å². The standard InChI is InChI=1S/C13H17N3S/c1-9-5-13(12(6-14)10(2)16-9)15-7-11-3-4-17-8-11/h5,11H,3-4,7-8H2,1-2H3,(H,15,16). The van der Waals surface area contributed by atoms with E-state index in [1.165, 1.54) is 17.9 Å². The molecule has 0 saturated carbocycles. The highest BCUT2D eigenvalue weighted by Gasteiger charge is 2.16. The lowest BCUT2D eigenvalue weighted by Crippen LogP contribution is -2.15. The second kappa shape index (κ2) is 5.42. The Balaban J connectivity index is 2.11. The van der Waals surface area contributed by atoms with Crippen molar-refractivity contribution < 1.29 is 0 Å². The van der Waals surface area contributed by atoms with Crippen LogP contribution in [0, 0.1) is 31.1 Å². The molecule has 2 rings (SSSR count). The molecule has 1 fully saturated rings. The summed E-state index contributed by atoms with van der Waals surface area (Å²) in [7, 11) is 0. The number of aromatic nitrogens is 1. The van der Waals surface area contributed by atoms with Gasteiger partial charge in [-0.2, -0.15) is 17.0 Å². The zero-order valence-electron chi connectivity index (χ0n) is 10.3. The highest BCUT2D eigenvalue weighted by atomic mass is 32.2. The molecule has 1 saturated heterocycles. The molecule has 0 aromatic carbocycles. The minimum atomic E-state index is 0.682. The number of pyridine rings is 1. The Kier molecular flexibility index (Phi) is 3.90. The molecule has 1 aliphatic rings. The minimum absolute atomic E-state index is 0.682. The molecule has 90 valence electrons. The van der Waals surface area contributed by atoms with Crippen LogP contribution in [0.25, 0.3) is 0 Å². The van der Waals surface area contributed by atoms with Gasteiger partial charge in [0.05, 0.1) is 16.9 Å². The molecular weight excluding hydrogens is 230 g/mol. The van der Waals surface area contributed by atoms with Crippen molar-refractivity contribution in [2.45, 2.75) is 20.3 Å². The van der Waals surface area contributed by atoms with Crippen LogP contribution in [0.3, 0.4) is 0 Å². The fraction of sp³-hybridized carbons (Fsp3) is 0.538. The summed E-state index contributed by atoms with van der Waals surface area (Å²) >= 11 is 2.02. The summed E-state index contributed by atoms with van der Waals surface area (Å²) in [4.78, 5) is 4.32. The van der Waals surface area contributed by atoms with Gasteiger partial charge in [0.2, 0.25) is 0 Å². The van der Waals surface area contributed by atoms with Crippen LogP contribution < -0.4 is 5.32 Å². The lowest BCUT2D eigenvalue weighted by atomic mass is 10.1. The first-order valence-electron chi connectivity index (χ1n) is 5.90. The topological polar surface area (TPSA) is 48.7 Å². The molecule has 2 heterocycles. The predicted molar refractivity (Wildman–Crippen MR) is 72.3 cm³/mol. The Hall–Kier alpha value is -1.21. The normalized spacial score (nSPS) is 19.0. The van der Waals surface area contributed by atoms with Crippen molar-refractivity contribution in [3.8, 4) is 6.07 Å². The highest BCUT2D eigenvalue weighted by molar-refractivity contribution is 7.99. The van der Waals surface area contributed by atoms with E-state index >= 15 is 0 Å². The van der Waals surface area contributed by atoms with Crippen LogP contribution in [-0.4, -0.2) is 23.0 Å². The molecule has 0 radical (unpaired) electrons. The maximum atomic E-state index is 9.15. The first kappa shape index (κ1) is 12.3. The third-order valence-corrected chi connectivity index (χ3v) is 4.28. The molecule has 1 aromatic rings. The predicted octanol–water partition coefficient (Wildman–Crippen LogP) is 2.74. The SMILES string of the molecule is Cc1cc(NCC2CCSC2)c(C#N)c(C)n1. The highest BCUT2D eigenvalue weighted by Crippen LogP contribution is 2.25. The molecule has 1 aliphatic heterocycles. The van der Waals surface area contributed by atoms with Crippen LogP contribution in [0.15, 0.2) is 6.07 Å². The van der Waals surface area contributed by atoms with Crippen molar-refractivity contribution in [1.29, 1.82) is 5.26 Å². The van der Waals surface area contributed by atoms with Crippen LogP contribution in [-0.2, 0) is 0 Å². The first-order valence-corrected chi connectivity index (χ1v) is 7.06. The number of aryl methyl sites for hydroxylation is 2. The van der Waals surface area contributed by atoms with Gasteiger partial charge in [-0.3, -0.25) is 4.98 Å². The van der Waals surface area contributed by atoms with Crippen molar-refractivity contribution in [2.75, 3.05) is 23.4 Å². The third-order valence-electron chi connectivity index (χ3n) is 3.05. The summed E-state index contributed by atoms with van der Waals surface area (Å²) in [5.41, 5.74) is 3.40. The molecule has 1 N–H and O–H groups in total. The first-order chi connectivity index (χ1) is 8.20. The third kappa shape index (κ3) is 2.92. The Morgan fingerprint density at radius 3 is 3.06 bits per heavy atom. The van der Waals surface area contributed by atoms with Crippen LogP contribution in [0.5, 0.6) is 0 Å². The summed E-state index contributed by atoms with van der Waals surface area (Å²) in [5, 5.41) is 12.6. The number of rotatable bonds is 3. The van der Waals surface area contributed by atoms with Crippen molar-refractivity contribution in [2.24, 2.45) is 5.92 Å². The maximum Gasteiger partial charge on any atom is 0.103 e. The summed E-state index contributed by atoms with van der Waals surface area (Å²) in [6, 6.07) is 4.20. The lowest BCUT2D eigenvalue weighted by Gasteiger charge is -2.14. The van der Waals surface area contributed by atoms with Crippen LogP contribution >= 0.6 is 11.8 Å². The number of anilines is 1. The van der Waals surface area contributed by atoms with Crippen LogP contribution in [0.4, 0.5) is 5.69 Å². The van der Waals surface area contributed by atoms with Crippen LogP contribution in [0.2, 0.25) is 0 Å². The Morgan fingerprint density at radius 2 is 2.41 bits per heavy atom. The molecular formula is C13H17N3S. The molecule has 17 heavy (non-hydrogen) atoms. The Labute approximate surface area is 107 Å². The zero-order valence-corrected chi connectivity index (χ0v) is 11.1. The van der Waals surface area contributed by atoms with E-state index in [1.54, 1.807) is 0 Å². The molecule has 0 aliphatic carbocycles. The largest absolute Gasteiger partial charge is 0.384 e. The Bertz CT molecular complexity index is 445. The molecule has 1 unspecified atom stereocenters. The number of thioether (sulfide) groups is 1. The molecule has 0 spiro atoms. The molecule has 0 bridgehead atoms. The van der Waals surface area contributed by atoms with Gasteiger partial charge in [0, 0.05) is 12.2 Å². The molecule has 0 amide bonds. The number of hydrogen-bond donors (Lipinski definition) is 1. The van der Waals surface area contributed by atoms with Gasteiger partial charge in [0.25, 0.3) is 0 Å². The van der Waals surface area contributed by atoms with Gasteiger partial charge in [0.1, 0.15) is 6.07 Å². The monoisotopic (exact) mass is 247 g/mol. The second-order valence-corrected chi connectivity index (χ2v) is 5.64. The van der Waals surface area contributed by atoms with E-state index in [1.807, 2.05) is 31.7 Å². The average molecular weight is 247 g/mol. The van der Waals surface area contributed by atoms with Gasteiger partial charge < -0.3 is 5.32 Å². The van der Waals surface area contributed by atoms with Crippen molar-refractivity contribution in [1.82, 2.24) is 4.98 Å². The average Bonchev–Trinajstić information content (AvgIpc) is 2.78. The lowest BCUT2D eigenvalue weighted by molar-refractivity contribution is 0.631. The van der Waals surface area contributed by atoms with Crippen molar-refractivity contribution in [3.05, 3.63) is 23.0 Å². The summed E-state index contributed by atoms with van der Waals surface area (Å²) in [5.74, 6) is 3.24. The van der Waals surface area contributed by atoms with E-state index in [2.05, 4.69) is 16.4 Å². The van der Waals surface area contributed by atoms with E-state index in [-0.39, 0.29) is 0 Å². The van der Waals surface area contributed by atoms with E-state index in [0.29, 0.717) is 5.56 Å². The number of nitrogens with zero attached hydrogens (tertiary/aromatic N) is 2. The van der Waals surface area contributed by atoms with Gasteiger partial charge in [0.15, 0.2) is 0 Å². The van der Waals surface area contributed by atoms with Gasteiger partial charge in [-0.25, -0.2) is 0 Å². The van der Waals surface area contributed by atoms with Crippen molar-refractivity contribution >= 4 is 17.4 Å². The maximum absolute atomic E-state index is 9.15. The van der Waals surface area contributed by atoms with Crippen LogP contribution in [0.1, 0.15) is 23.4 Å². The van der Waals surface area contributed by atoms with E-state index in [9.17, 15) is 0 Å². The minimum Gasteiger partial charge on any atom is -0.384 e. The second-order valence-electron chi connectivity index (χ2n) is 4.49. The fourth-order valence-electron chi connectivity index (χ4n) is 2.11. The molecule has 1 aromatic heterocycles. The van der Waals surface area contributed by atoms with Gasteiger partial charge in [-0.1, -0.05) is 0 Å². The number of nitriles is 1. The molecule has 1 atom stereocenters. The van der Waals surface area contributed by atoms with Gasteiger partial charge >= 0.3 is 0 Å². The van der Waals surface area contributed by atoms with Gasteiger partial charge in [-0.15, -0.1) is 0 Å². The summed E-state index contributed by atoms with van der Waals surface area (Å²) in [6.07, 6.45) is 1.28. The molecule has 4 heteroatoms. The van der Waals surface area contributed by atoms with E-state index in [4.69, 9.17) is 5.26 Å². The zero-order chi connectivity index (χ0) is 12.3. The van der Waals surface area contributed by atoms with E-state index < -0.39 is 0 Å². The summed E-state index contributed by atoms with van der Waals surface area (Å²) in [6.45, 7) is 4.82.